The molecule has 1 N–H and O–H groups in total. The predicted octanol–water partition coefficient (Wildman–Crippen LogP) is 4.26. The number of aryl methyl sites for hydroxylation is 1. The highest BCUT2D eigenvalue weighted by Gasteiger charge is 2.60. The average Bonchev–Trinajstić information content (AvgIpc) is 3.36. The van der Waals surface area contributed by atoms with E-state index in [9.17, 15) is 14.4 Å². The largest absolute Gasteiger partial charge is 0.326 e. The first-order valence-corrected chi connectivity index (χ1v) is 11.3. The number of anilines is 3. The molecule has 0 bridgehead atoms. The Morgan fingerprint density at radius 1 is 0.882 bits per heavy atom. The van der Waals surface area contributed by atoms with E-state index < -0.39 is 18.1 Å². The summed E-state index contributed by atoms with van der Waals surface area (Å²) in [5, 5.41) is 4.42. The molecule has 3 atom stereocenters. The fraction of sp³-hybridized carbons (Fsp3) is 0.222. The Morgan fingerprint density at radius 2 is 1.56 bits per heavy atom. The fourth-order valence-corrected chi connectivity index (χ4v) is 4.65. The van der Waals surface area contributed by atoms with E-state index in [2.05, 4.69) is 12.2 Å². The van der Waals surface area contributed by atoms with Gasteiger partial charge in [0.05, 0.1) is 17.4 Å². The number of hydrogen-bond acceptors (Lipinski definition) is 5. The number of nitrogens with one attached hydrogen (secondary N) is 1. The molecular weight excluding hydrogens is 430 g/mol. The van der Waals surface area contributed by atoms with E-state index in [0.29, 0.717) is 11.4 Å². The molecule has 3 amide bonds. The molecule has 172 valence electrons. The SMILES string of the molecule is CCc1ccc(N2C(=O)[C@@H]3[C@@H](ON(c4ccccc4)[C@H]3c3ccc(NC(C)=O)cc3)C2=O)cc1. The van der Waals surface area contributed by atoms with Gasteiger partial charge in [-0.3, -0.25) is 19.2 Å². The van der Waals surface area contributed by atoms with Gasteiger partial charge in [-0.25, -0.2) is 9.96 Å². The number of fused-ring (bicyclic) bond motifs is 1. The molecule has 0 aliphatic carbocycles. The second-order valence-corrected chi connectivity index (χ2v) is 8.49. The van der Waals surface area contributed by atoms with E-state index in [1.165, 1.54) is 11.8 Å². The van der Waals surface area contributed by atoms with Crippen molar-refractivity contribution in [3.05, 3.63) is 90.0 Å². The molecule has 0 unspecified atom stereocenters. The summed E-state index contributed by atoms with van der Waals surface area (Å²) in [5.74, 6) is -1.51. The predicted molar refractivity (Wildman–Crippen MR) is 129 cm³/mol. The van der Waals surface area contributed by atoms with Crippen LogP contribution in [0.2, 0.25) is 0 Å². The maximum absolute atomic E-state index is 13.7. The molecule has 2 fully saturated rings. The first-order chi connectivity index (χ1) is 16.5. The number of imide groups is 1. The maximum atomic E-state index is 13.7. The van der Waals surface area contributed by atoms with Crippen molar-refractivity contribution in [2.75, 3.05) is 15.3 Å². The van der Waals surface area contributed by atoms with Crippen molar-refractivity contribution in [2.45, 2.75) is 32.4 Å². The van der Waals surface area contributed by atoms with E-state index in [-0.39, 0.29) is 17.7 Å². The Balaban J connectivity index is 1.53. The molecule has 2 saturated heterocycles. The second kappa shape index (κ2) is 8.76. The van der Waals surface area contributed by atoms with Gasteiger partial charge in [0.25, 0.3) is 5.91 Å². The standard InChI is InChI=1S/C27H25N3O4/c1-3-18-9-15-21(16-10-18)29-26(32)23-24(19-11-13-20(14-12-19)28-17(2)31)30(34-25(23)27(29)33)22-7-5-4-6-8-22/h4-16,23-25H,3H2,1-2H3,(H,28,31)/t23-,24-,25+/m0/s1. The molecule has 0 saturated carbocycles. The Bertz CT molecular complexity index is 1220. The van der Waals surface area contributed by atoms with E-state index in [1.807, 2.05) is 66.7 Å². The van der Waals surface area contributed by atoms with Crippen molar-refractivity contribution in [3.63, 3.8) is 0 Å². The summed E-state index contributed by atoms with van der Waals surface area (Å²) in [5.41, 5.74) is 3.91. The van der Waals surface area contributed by atoms with Crippen molar-refractivity contribution in [1.82, 2.24) is 0 Å². The maximum Gasteiger partial charge on any atom is 0.266 e. The van der Waals surface area contributed by atoms with Crippen molar-refractivity contribution in [1.29, 1.82) is 0 Å². The number of carbonyl (C=O) groups excluding carboxylic acids is 3. The Kier molecular flexibility index (Phi) is 5.63. The van der Waals surface area contributed by atoms with E-state index in [1.54, 1.807) is 17.2 Å². The van der Waals surface area contributed by atoms with Crippen LogP contribution in [0.3, 0.4) is 0 Å². The van der Waals surface area contributed by atoms with Gasteiger partial charge < -0.3 is 5.32 Å². The van der Waals surface area contributed by atoms with Crippen LogP contribution in [-0.4, -0.2) is 23.8 Å². The lowest BCUT2D eigenvalue weighted by Gasteiger charge is -2.29. The van der Waals surface area contributed by atoms with Crippen LogP contribution in [0.5, 0.6) is 0 Å². The molecule has 2 heterocycles. The Hall–Kier alpha value is -3.97. The third-order valence-electron chi connectivity index (χ3n) is 6.30. The van der Waals surface area contributed by atoms with Crippen molar-refractivity contribution >= 4 is 34.8 Å². The summed E-state index contributed by atoms with van der Waals surface area (Å²) in [6.45, 7) is 3.50. The molecule has 5 rings (SSSR count). The molecule has 0 radical (unpaired) electrons. The average molecular weight is 456 g/mol. The lowest BCUT2D eigenvalue weighted by Crippen LogP contribution is -2.37. The van der Waals surface area contributed by atoms with Gasteiger partial charge in [0.15, 0.2) is 6.10 Å². The number of carbonyl (C=O) groups is 3. The number of hydrogen-bond donors (Lipinski definition) is 1. The van der Waals surface area contributed by atoms with Gasteiger partial charge in [0.2, 0.25) is 11.8 Å². The zero-order valence-corrected chi connectivity index (χ0v) is 19.0. The third kappa shape index (κ3) is 3.74. The topological polar surface area (TPSA) is 79.0 Å². The zero-order valence-electron chi connectivity index (χ0n) is 19.0. The number of benzene rings is 3. The number of hydroxylamine groups is 1. The number of rotatable bonds is 5. The quantitative estimate of drug-likeness (QED) is 0.582. The summed E-state index contributed by atoms with van der Waals surface area (Å²) in [6, 6.07) is 23.7. The highest BCUT2D eigenvalue weighted by molar-refractivity contribution is 6.23. The van der Waals surface area contributed by atoms with Crippen LogP contribution in [-0.2, 0) is 25.6 Å². The molecule has 2 aliphatic rings. The molecule has 34 heavy (non-hydrogen) atoms. The molecule has 3 aromatic rings. The van der Waals surface area contributed by atoms with Crippen molar-refractivity contribution < 1.29 is 19.2 Å². The van der Waals surface area contributed by atoms with Gasteiger partial charge in [-0.1, -0.05) is 49.4 Å². The van der Waals surface area contributed by atoms with Gasteiger partial charge in [-0.05, 0) is 53.9 Å². The van der Waals surface area contributed by atoms with Gasteiger partial charge in [-0.2, -0.15) is 0 Å². The molecule has 0 spiro atoms. The van der Waals surface area contributed by atoms with Crippen LogP contribution >= 0.6 is 0 Å². The van der Waals surface area contributed by atoms with Crippen molar-refractivity contribution in [3.8, 4) is 0 Å². The fourth-order valence-electron chi connectivity index (χ4n) is 4.65. The second-order valence-electron chi connectivity index (χ2n) is 8.49. The Morgan fingerprint density at radius 3 is 2.18 bits per heavy atom. The van der Waals surface area contributed by atoms with E-state index in [0.717, 1.165) is 23.2 Å². The highest BCUT2D eigenvalue weighted by atomic mass is 16.7. The van der Waals surface area contributed by atoms with Crippen LogP contribution < -0.4 is 15.3 Å². The van der Waals surface area contributed by atoms with E-state index >= 15 is 0 Å². The van der Waals surface area contributed by atoms with Gasteiger partial charge >= 0.3 is 0 Å². The molecular formula is C27H25N3O4. The minimum absolute atomic E-state index is 0.163. The lowest BCUT2D eigenvalue weighted by atomic mass is 9.90. The van der Waals surface area contributed by atoms with Crippen LogP contribution in [0.1, 0.15) is 31.0 Å². The van der Waals surface area contributed by atoms with Crippen LogP contribution in [0, 0.1) is 5.92 Å². The minimum Gasteiger partial charge on any atom is -0.326 e. The molecule has 7 heteroatoms. The van der Waals surface area contributed by atoms with E-state index in [4.69, 9.17) is 4.84 Å². The molecule has 7 nitrogen and oxygen atoms in total. The summed E-state index contributed by atoms with van der Waals surface area (Å²) in [7, 11) is 0. The minimum atomic E-state index is -0.918. The monoisotopic (exact) mass is 455 g/mol. The smallest absolute Gasteiger partial charge is 0.266 e. The first-order valence-electron chi connectivity index (χ1n) is 11.3. The number of nitrogens with zero attached hydrogens (tertiary/aromatic N) is 2. The summed E-state index contributed by atoms with van der Waals surface area (Å²) in [4.78, 5) is 45.9. The molecule has 0 aromatic heterocycles. The number of amides is 3. The summed E-state index contributed by atoms with van der Waals surface area (Å²) < 4.78 is 0. The van der Waals surface area contributed by atoms with Gasteiger partial charge in [0, 0.05) is 12.6 Å². The zero-order chi connectivity index (χ0) is 23.8. The third-order valence-corrected chi connectivity index (χ3v) is 6.30. The molecule has 2 aliphatic heterocycles. The van der Waals surface area contributed by atoms with Gasteiger partial charge in [-0.15, -0.1) is 0 Å². The van der Waals surface area contributed by atoms with Crippen LogP contribution in [0.4, 0.5) is 17.1 Å². The summed E-state index contributed by atoms with van der Waals surface area (Å²) >= 11 is 0. The molecule has 3 aromatic carbocycles. The highest BCUT2D eigenvalue weighted by Crippen LogP contribution is 2.47. The summed E-state index contributed by atoms with van der Waals surface area (Å²) in [6.07, 6.45) is -0.0439. The lowest BCUT2D eigenvalue weighted by molar-refractivity contribution is -0.126. The number of para-hydroxylation sites is 1. The van der Waals surface area contributed by atoms with Crippen molar-refractivity contribution in [2.24, 2.45) is 5.92 Å². The van der Waals surface area contributed by atoms with Crippen LogP contribution in [0.15, 0.2) is 78.9 Å². The van der Waals surface area contributed by atoms with Crippen LogP contribution in [0.25, 0.3) is 0 Å². The Labute approximate surface area is 197 Å². The van der Waals surface area contributed by atoms with Gasteiger partial charge in [0.1, 0.15) is 5.92 Å². The normalized spacial score (nSPS) is 21.6. The first kappa shape index (κ1) is 21.9.